The van der Waals surface area contributed by atoms with Gasteiger partial charge in [-0.2, -0.15) is 0 Å². The van der Waals surface area contributed by atoms with E-state index in [9.17, 15) is 0 Å². The Morgan fingerprint density at radius 2 is 1.92 bits per heavy atom. The summed E-state index contributed by atoms with van der Waals surface area (Å²) in [6.45, 7) is 0. The Morgan fingerprint density at radius 3 is 2.50 bits per heavy atom. The molecule has 0 aliphatic heterocycles. The van der Waals surface area contributed by atoms with Crippen LogP contribution < -0.4 is 0 Å². The van der Waals surface area contributed by atoms with Crippen LogP contribution in [-0.2, 0) is 0 Å². The summed E-state index contributed by atoms with van der Waals surface area (Å²) >= 11 is 5.74. The molecule has 0 amide bonds. The lowest BCUT2D eigenvalue weighted by atomic mass is 10.2. The van der Waals surface area contributed by atoms with Gasteiger partial charge in [-0.1, -0.05) is 23.7 Å². The average molecular weight is 180 g/mol. The van der Waals surface area contributed by atoms with E-state index in [0.717, 1.165) is 10.6 Å². The Balaban J connectivity index is 2.07. The van der Waals surface area contributed by atoms with Crippen LogP contribution in [0.3, 0.4) is 0 Å². The summed E-state index contributed by atoms with van der Waals surface area (Å²) in [4.78, 5) is 4.37. The number of halogens is 1. The van der Waals surface area contributed by atoms with Crippen molar-refractivity contribution in [1.82, 2.24) is 0 Å². The molecular weight excluding hydrogens is 170 g/mol. The molecular formula is C10H10ClN. The molecule has 1 aliphatic carbocycles. The van der Waals surface area contributed by atoms with E-state index >= 15 is 0 Å². The molecule has 1 nitrogen and oxygen atoms in total. The van der Waals surface area contributed by atoms with Crippen LogP contribution >= 0.6 is 11.6 Å². The molecule has 0 saturated heterocycles. The first-order chi connectivity index (χ1) is 5.84. The third-order valence-corrected chi connectivity index (χ3v) is 2.10. The summed E-state index contributed by atoms with van der Waals surface area (Å²) in [7, 11) is 0. The Kier molecular flexibility index (Phi) is 2.13. The summed E-state index contributed by atoms with van der Waals surface area (Å²) in [5, 5.41) is 0.776. The van der Waals surface area contributed by atoms with Gasteiger partial charge in [-0.05, 0) is 30.5 Å². The summed E-state index contributed by atoms with van der Waals surface area (Å²) in [5.41, 5.74) is 1.13. The van der Waals surface area contributed by atoms with Crippen LogP contribution in [0.25, 0.3) is 0 Å². The van der Waals surface area contributed by atoms with Crippen molar-refractivity contribution in [2.45, 2.75) is 18.9 Å². The van der Waals surface area contributed by atoms with Crippen molar-refractivity contribution < 1.29 is 0 Å². The zero-order valence-electron chi connectivity index (χ0n) is 6.70. The predicted molar refractivity (Wildman–Crippen MR) is 52.1 cm³/mol. The first-order valence-corrected chi connectivity index (χ1v) is 4.51. The lowest BCUT2D eigenvalue weighted by molar-refractivity contribution is 1.08. The molecule has 62 valence electrons. The van der Waals surface area contributed by atoms with Gasteiger partial charge < -0.3 is 0 Å². The van der Waals surface area contributed by atoms with Crippen molar-refractivity contribution in [2.24, 2.45) is 4.99 Å². The smallest absolute Gasteiger partial charge is 0.0501 e. The number of hydrogen-bond acceptors (Lipinski definition) is 1. The normalized spacial score (nSPS) is 17.1. The standard InChI is InChI=1S/C10H10ClN/c11-9-3-1-8(2-4-9)7-12-10-5-6-10/h1-4,7,10H,5-6H2/b12-7+. The third kappa shape index (κ3) is 2.08. The van der Waals surface area contributed by atoms with Crippen molar-refractivity contribution in [3.63, 3.8) is 0 Å². The van der Waals surface area contributed by atoms with Gasteiger partial charge in [0.05, 0.1) is 6.04 Å². The van der Waals surface area contributed by atoms with Crippen molar-refractivity contribution in [3.05, 3.63) is 34.9 Å². The van der Waals surface area contributed by atoms with Gasteiger partial charge in [-0.15, -0.1) is 0 Å². The fourth-order valence-corrected chi connectivity index (χ4v) is 1.09. The van der Waals surface area contributed by atoms with Gasteiger partial charge in [0.1, 0.15) is 0 Å². The summed E-state index contributed by atoms with van der Waals surface area (Å²) in [5.74, 6) is 0. The molecule has 2 heteroatoms. The first-order valence-electron chi connectivity index (χ1n) is 4.13. The topological polar surface area (TPSA) is 12.4 Å². The molecule has 1 aromatic rings. The lowest BCUT2D eigenvalue weighted by Gasteiger charge is -1.91. The molecule has 1 saturated carbocycles. The predicted octanol–water partition coefficient (Wildman–Crippen LogP) is 2.92. The molecule has 0 atom stereocenters. The van der Waals surface area contributed by atoms with Crippen molar-refractivity contribution in [1.29, 1.82) is 0 Å². The van der Waals surface area contributed by atoms with Crippen LogP contribution in [0, 0.1) is 0 Å². The molecule has 1 aromatic carbocycles. The zero-order chi connectivity index (χ0) is 8.39. The highest BCUT2D eigenvalue weighted by atomic mass is 35.5. The van der Waals surface area contributed by atoms with Gasteiger partial charge in [0.25, 0.3) is 0 Å². The Labute approximate surface area is 77.1 Å². The Bertz CT molecular complexity index is 285. The molecule has 12 heavy (non-hydrogen) atoms. The highest BCUT2D eigenvalue weighted by Crippen LogP contribution is 2.23. The lowest BCUT2D eigenvalue weighted by Crippen LogP contribution is -1.81. The maximum atomic E-state index is 5.74. The first kappa shape index (κ1) is 7.81. The Morgan fingerprint density at radius 1 is 1.25 bits per heavy atom. The molecule has 0 spiro atoms. The molecule has 0 aromatic heterocycles. The molecule has 0 unspecified atom stereocenters. The minimum absolute atomic E-state index is 0.598. The van der Waals surface area contributed by atoms with Crippen LogP contribution in [0.5, 0.6) is 0 Å². The molecule has 0 radical (unpaired) electrons. The van der Waals surface area contributed by atoms with E-state index < -0.39 is 0 Å². The average Bonchev–Trinajstić information content (AvgIpc) is 2.87. The summed E-state index contributed by atoms with van der Waals surface area (Å²) in [6, 6.07) is 8.33. The van der Waals surface area contributed by atoms with Gasteiger partial charge in [0.2, 0.25) is 0 Å². The minimum atomic E-state index is 0.598. The van der Waals surface area contributed by atoms with Gasteiger partial charge in [-0.25, -0.2) is 0 Å². The van der Waals surface area contributed by atoms with Gasteiger partial charge in [-0.3, -0.25) is 4.99 Å². The van der Waals surface area contributed by atoms with Gasteiger partial charge in [0.15, 0.2) is 0 Å². The van der Waals surface area contributed by atoms with Crippen LogP contribution in [0.4, 0.5) is 0 Å². The number of hydrogen-bond donors (Lipinski definition) is 0. The fourth-order valence-electron chi connectivity index (χ4n) is 0.964. The fraction of sp³-hybridized carbons (Fsp3) is 0.300. The van der Waals surface area contributed by atoms with Crippen molar-refractivity contribution in [2.75, 3.05) is 0 Å². The van der Waals surface area contributed by atoms with E-state index in [1.54, 1.807) is 0 Å². The van der Waals surface area contributed by atoms with Crippen LogP contribution in [0.1, 0.15) is 18.4 Å². The highest BCUT2D eigenvalue weighted by molar-refractivity contribution is 6.30. The van der Waals surface area contributed by atoms with Crippen LogP contribution in [-0.4, -0.2) is 12.3 Å². The van der Waals surface area contributed by atoms with E-state index in [1.807, 2.05) is 30.5 Å². The van der Waals surface area contributed by atoms with E-state index in [0.29, 0.717) is 6.04 Å². The van der Waals surface area contributed by atoms with Crippen LogP contribution in [0.2, 0.25) is 5.02 Å². The van der Waals surface area contributed by atoms with E-state index in [2.05, 4.69) is 4.99 Å². The quantitative estimate of drug-likeness (QED) is 0.619. The number of rotatable bonds is 2. The minimum Gasteiger partial charge on any atom is -0.289 e. The Hall–Kier alpha value is -0.820. The van der Waals surface area contributed by atoms with Crippen molar-refractivity contribution in [3.8, 4) is 0 Å². The third-order valence-electron chi connectivity index (χ3n) is 1.85. The molecule has 1 aliphatic rings. The maximum absolute atomic E-state index is 5.74. The number of benzene rings is 1. The molecule has 0 N–H and O–H groups in total. The largest absolute Gasteiger partial charge is 0.289 e. The molecule has 2 rings (SSSR count). The second-order valence-corrected chi connectivity index (χ2v) is 3.50. The van der Waals surface area contributed by atoms with Gasteiger partial charge >= 0.3 is 0 Å². The molecule has 1 fully saturated rings. The summed E-state index contributed by atoms with van der Waals surface area (Å²) in [6.07, 6.45) is 4.43. The second kappa shape index (κ2) is 3.28. The highest BCUT2D eigenvalue weighted by Gasteiger charge is 2.18. The van der Waals surface area contributed by atoms with Gasteiger partial charge in [0, 0.05) is 11.2 Å². The van der Waals surface area contributed by atoms with E-state index in [1.165, 1.54) is 12.8 Å². The monoisotopic (exact) mass is 179 g/mol. The number of nitrogens with zero attached hydrogens (tertiary/aromatic N) is 1. The summed E-state index contributed by atoms with van der Waals surface area (Å²) < 4.78 is 0. The van der Waals surface area contributed by atoms with E-state index in [-0.39, 0.29) is 0 Å². The van der Waals surface area contributed by atoms with E-state index in [4.69, 9.17) is 11.6 Å². The second-order valence-electron chi connectivity index (χ2n) is 3.06. The zero-order valence-corrected chi connectivity index (χ0v) is 7.46. The number of aliphatic imine (C=N–C) groups is 1. The van der Waals surface area contributed by atoms with Crippen LogP contribution in [0.15, 0.2) is 29.3 Å². The SMILES string of the molecule is Clc1ccc(/C=N/C2CC2)cc1. The maximum Gasteiger partial charge on any atom is 0.0501 e. The molecule has 0 heterocycles. The molecule has 0 bridgehead atoms. The van der Waals surface area contributed by atoms with Crippen molar-refractivity contribution >= 4 is 17.8 Å².